The van der Waals surface area contributed by atoms with Crippen molar-refractivity contribution in [1.82, 2.24) is 9.55 Å². The van der Waals surface area contributed by atoms with Crippen molar-refractivity contribution in [2.24, 2.45) is 0 Å². The second-order valence-corrected chi connectivity index (χ2v) is 4.67. The van der Waals surface area contributed by atoms with Gasteiger partial charge in [-0.3, -0.25) is 14.3 Å². The van der Waals surface area contributed by atoms with Crippen LogP contribution in [0, 0.1) is 5.82 Å². The molecule has 1 aromatic heterocycles. The minimum absolute atomic E-state index is 0.0290. The Morgan fingerprint density at radius 3 is 3.00 bits per heavy atom. The van der Waals surface area contributed by atoms with Gasteiger partial charge in [0.2, 0.25) is 5.82 Å². The van der Waals surface area contributed by atoms with Gasteiger partial charge in [0.05, 0.1) is 19.9 Å². The van der Waals surface area contributed by atoms with Crippen molar-refractivity contribution in [3.63, 3.8) is 0 Å². The second-order valence-electron chi connectivity index (χ2n) is 4.67. The Kier molecular flexibility index (Phi) is 3.68. The van der Waals surface area contributed by atoms with Crippen LogP contribution in [0.4, 0.5) is 4.39 Å². The van der Waals surface area contributed by atoms with E-state index in [2.05, 4.69) is 0 Å². The average molecular weight is 308 g/mol. The first kappa shape index (κ1) is 14.3. The zero-order valence-corrected chi connectivity index (χ0v) is 11.7. The van der Waals surface area contributed by atoms with E-state index in [1.807, 2.05) is 4.98 Å². The standard InChI is InChI=1S/C14H13FN2O5/c1-20-10-4-2-3-8-6-21-11(7-22-12(8)10)17-5-9(15)13(18)16-14(17)19/h2-5,11H,6-7H2,1H3,(H,16,18,19)/t11-/m0/s1. The first-order chi connectivity index (χ1) is 10.6. The average Bonchev–Trinajstić information content (AvgIpc) is 2.73. The summed E-state index contributed by atoms with van der Waals surface area (Å²) in [7, 11) is 1.52. The summed E-state index contributed by atoms with van der Waals surface area (Å²) in [5, 5.41) is 0. The van der Waals surface area contributed by atoms with Crippen LogP contribution in [0.25, 0.3) is 0 Å². The number of hydrogen-bond acceptors (Lipinski definition) is 5. The van der Waals surface area contributed by atoms with Gasteiger partial charge < -0.3 is 14.2 Å². The SMILES string of the molecule is COc1cccc2c1OC[C@@H](n1cc(F)c(=O)[nH]c1=O)OC2. The zero-order valence-electron chi connectivity index (χ0n) is 11.7. The molecule has 0 saturated heterocycles. The smallest absolute Gasteiger partial charge is 0.330 e. The maximum atomic E-state index is 13.4. The molecule has 0 bridgehead atoms. The van der Waals surface area contributed by atoms with Crippen molar-refractivity contribution < 1.29 is 18.6 Å². The van der Waals surface area contributed by atoms with Crippen LogP contribution in [-0.4, -0.2) is 23.3 Å². The Hall–Kier alpha value is -2.61. The highest BCUT2D eigenvalue weighted by molar-refractivity contribution is 5.46. The number of halogens is 1. The summed E-state index contributed by atoms with van der Waals surface area (Å²) in [6.07, 6.45) is -0.0569. The number of ether oxygens (including phenoxy) is 3. The van der Waals surface area contributed by atoms with Gasteiger partial charge in [0.1, 0.15) is 6.61 Å². The number of para-hydroxylation sites is 1. The molecule has 0 radical (unpaired) electrons. The van der Waals surface area contributed by atoms with Crippen LogP contribution in [0.5, 0.6) is 11.5 Å². The molecule has 116 valence electrons. The lowest BCUT2D eigenvalue weighted by molar-refractivity contribution is -0.0296. The molecule has 7 nitrogen and oxygen atoms in total. The number of hydrogen-bond donors (Lipinski definition) is 1. The number of aromatic amines is 1. The van der Waals surface area contributed by atoms with E-state index in [-0.39, 0.29) is 13.2 Å². The molecule has 0 saturated carbocycles. The summed E-state index contributed by atoms with van der Waals surface area (Å²) in [4.78, 5) is 24.7. The van der Waals surface area contributed by atoms with Crippen molar-refractivity contribution in [3.05, 3.63) is 56.6 Å². The highest BCUT2D eigenvalue weighted by Crippen LogP contribution is 2.34. The van der Waals surface area contributed by atoms with Crippen LogP contribution in [-0.2, 0) is 11.3 Å². The molecule has 1 aromatic carbocycles. The van der Waals surface area contributed by atoms with Gasteiger partial charge in [-0.1, -0.05) is 12.1 Å². The van der Waals surface area contributed by atoms with Crippen molar-refractivity contribution >= 4 is 0 Å². The first-order valence-corrected chi connectivity index (χ1v) is 6.51. The molecule has 0 fully saturated rings. The van der Waals surface area contributed by atoms with Gasteiger partial charge in [-0.25, -0.2) is 4.79 Å². The molecule has 0 amide bonds. The van der Waals surface area contributed by atoms with Crippen LogP contribution < -0.4 is 20.7 Å². The molecule has 3 rings (SSSR count). The lowest BCUT2D eigenvalue weighted by atomic mass is 10.2. The number of benzene rings is 1. The van der Waals surface area contributed by atoms with Crippen molar-refractivity contribution in [3.8, 4) is 11.5 Å². The van der Waals surface area contributed by atoms with E-state index in [1.165, 1.54) is 7.11 Å². The molecule has 1 aliphatic heterocycles. The molecule has 8 heteroatoms. The maximum Gasteiger partial charge on any atom is 0.330 e. The molecule has 1 N–H and O–H groups in total. The van der Waals surface area contributed by atoms with Gasteiger partial charge in [0.25, 0.3) is 5.56 Å². The predicted molar refractivity (Wildman–Crippen MR) is 73.6 cm³/mol. The van der Waals surface area contributed by atoms with Gasteiger partial charge in [-0.05, 0) is 6.07 Å². The molecule has 0 spiro atoms. The molecule has 2 heterocycles. The first-order valence-electron chi connectivity index (χ1n) is 6.51. The third-order valence-electron chi connectivity index (χ3n) is 3.32. The molecule has 0 aliphatic carbocycles. The molecular formula is C14H13FN2O5. The fourth-order valence-electron chi connectivity index (χ4n) is 2.22. The molecule has 2 aromatic rings. The number of H-pyrrole nitrogens is 1. The maximum absolute atomic E-state index is 13.4. The van der Waals surface area contributed by atoms with E-state index in [1.54, 1.807) is 18.2 Å². The summed E-state index contributed by atoms with van der Waals surface area (Å²) < 4.78 is 30.8. The number of nitrogens with zero attached hydrogens (tertiary/aromatic N) is 1. The number of methoxy groups -OCH3 is 1. The monoisotopic (exact) mass is 308 g/mol. The summed E-state index contributed by atoms with van der Waals surface area (Å²) >= 11 is 0. The Labute approximate surface area is 123 Å². The quantitative estimate of drug-likeness (QED) is 0.887. The van der Waals surface area contributed by atoms with Crippen LogP contribution in [0.15, 0.2) is 34.0 Å². The van der Waals surface area contributed by atoms with Gasteiger partial charge in [-0.2, -0.15) is 4.39 Å². The summed E-state index contributed by atoms with van der Waals surface area (Å²) in [5.74, 6) is -0.00488. The third kappa shape index (κ3) is 2.48. The number of nitrogens with one attached hydrogen (secondary N) is 1. The summed E-state index contributed by atoms with van der Waals surface area (Å²) in [6, 6.07) is 5.33. The highest BCUT2D eigenvalue weighted by Gasteiger charge is 2.23. The largest absolute Gasteiger partial charge is 0.493 e. The van der Waals surface area contributed by atoms with Crippen molar-refractivity contribution in [1.29, 1.82) is 0 Å². The van der Waals surface area contributed by atoms with E-state index in [4.69, 9.17) is 14.2 Å². The normalized spacial score (nSPS) is 17.3. The third-order valence-corrected chi connectivity index (χ3v) is 3.32. The Bertz CT molecular complexity index is 814. The van der Waals surface area contributed by atoms with Gasteiger partial charge in [0.15, 0.2) is 17.7 Å². The Balaban J connectivity index is 1.94. The summed E-state index contributed by atoms with van der Waals surface area (Å²) in [5.41, 5.74) is -1.08. The highest BCUT2D eigenvalue weighted by atomic mass is 19.1. The fraction of sp³-hybridized carbons (Fsp3) is 0.286. The number of rotatable bonds is 2. The van der Waals surface area contributed by atoms with Gasteiger partial charge in [0, 0.05) is 5.56 Å². The molecule has 22 heavy (non-hydrogen) atoms. The predicted octanol–water partition coefficient (Wildman–Crippen LogP) is 0.792. The van der Waals surface area contributed by atoms with Crippen LogP contribution in [0.3, 0.4) is 0 Å². The van der Waals surface area contributed by atoms with E-state index in [9.17, 15) is 14.0 Å². The number of aromatic nitrogens is 2. The fourth-order valence-corrected chi connectivity index (χ4v) is 2.22. The van der Waals surface area contributed by atoms with E-state index < -0.39 is 23.3 Å². The molecule has 1 atom stereocenters. The minimum Gasteiger partial charge on any atom is -0.493 e. The Morgan fingerprint density at radius 1 is 1.41 bits per heavy atom. The second kappa shape index (κ2) is 5.64. The topological polar surface area (TPSA) is 82.5 Å². The van der Waals surface area contributed by atoms with Crippen LogP contribution >= 0.6 is 0 Å². The van der Waals surface area contributed by atoms with E-state index >= 15 is 0 Å². The lowest BCUT2D eigenvalue weighted by Crippen LogP contribution is -2.36. The summed E-state index contributed by atoms with van der Waals surface area (Å²) in [6.45, 7) is 0.128. The van der Waals surface area contributed by atoms with E-state index in [0.29, 0.717) is 11.5 Å². The van der Waals surface area contributed by atoms with Crippen LogP contribution in [0.2, 0.25) is 0 Å². The van der Waals surface area contributed by atoms with Gasteiger partial charge >= 0.3 is 5.69 Å². The number of fused-ring (bicyclic) bond motifs is 1. The lowest BCUT2D eigenvalue weighted by Gasteiger charge is -2.17. The van der Waals surface area contributed by atoms with Gasteiger partial charge in [-0.15, -0.1) is 0 Å². The van der Waals surface area contributed by atoms with Crippen molar-refractivity contribution in [2.75, 3.05) is 13.7 Å². The zero-order chi connectivity index (χ0) is 15.7. The van der Waals surface area contributed by atoms with Crippen molar-refractivity contribution in [2.45, 2.75) is 12.8 Å². The minimum atomic E-state index is -1.07. The molecule has 1 aliphatic rings. The molecule has 0 unspecified atom stereocenters. The molecular weight excluding hydrogens is 295 g/mol. The van der Waals surface area contributed by atoms with E-state index in [0.717, 1.165) is 16.3 Å². The Morgan fingerprint density at radius 2 is 2.23 bits per heavy atom. The van der Waals surface area contributed by atoms with Crippen LogP contribution in [0.1, 0.15) is 11.8 Å².